The van der Waals surface area contributed by atoms with E-state index in [1.54, 1.807) is 6.92 Å². The van der Waals surface area contributed by atoms with Gasteiger partial charge >= 0.3 is 19.5 Å². The van der Waals surface area contributed by atoms with E-state index < -0.39 is 34.8 Å². The number of carbonyl (C=O) groups excluding carboxylic acids is 2. The molecule has 3 rings (SSSR count). The number of hydrazone groups is 1. The number of nitro benzene ring substituents is 2. The Kier molecular flexibility index (Phi) is 10.1. The molecule has 1 atom stereocenters. The zero-order valence-electron chi connectivity index (χ0n) is 21.7. The molecule has 0 aliphatic heterocycles. The molecule has 0 saturated carbocycles. The van der Waals surface area contributed by atoms with E-state index in [1.807, 2.05) is 0 Å². The van der Waals surface area contributed by atoms with Gasteiger partial charge in [0.15, 0.2) is 4.67 Å². The molecule has 0 aliphatic rings. The molecule has 3 aromatic rings. The van der Waals surface area contributed by atoms with Crippen LogP contribution in [0.1, 0.15) is 24.3 Å². The summed E-state index contributed by atoms with van der Waals surface area (Å²) in [5, 5.41) is 29.9. The lowest BCUT2D eigenvalue weighted by Crippen LogP contribution is -2.21. The van der Waals surface area contributed by atoms with Gasteiger partial charge in [-0.05, 0) is 49.6 Å². The highest BCUT2D eigenvalue weighted by atomic mass is 32.1. The summed E-state index contributed by atoms with van der Waals surface area (Å²) in [5.41, 5.74) is 1.43. The fraction of sp³-hybridized carbons (Fsp3) is 0.227. The van der Waals surface area contributed by atoms with Gasteiger partial charge in [-0.2, -0.15) is 13.9 Å². The first-order valence-corrected chi connectivity index (χ1v) is 13.9. The molecule has 41 heavy (non-hydrogen) atoms. The van der Waals surface area contributed by atoms with Gasteiger partial charge in [0.1, 0.15) is 0 Å². The molecule has 0 bridgehead atoms. The van der Waals surface area contributed by atoms with Crippen molar-refractivity contribution in [2.24, 2.45) is 9.86 Å². The van der Waals surface area contributed by atoms with Gasteiger partial charge < -0.3 is 14.0 Å². The smallest absolute Gasteiger partial charge is 0.373 e. The van der Waals surface area contributed by atoms with Crippen molar-refractivity contribution in [3.8, 4) is 5.69 Å². The lowest BCUT2D eigenvalue weighted by Gasteiger charge is -2.13. The summed E-state index contributed by atoms with van der Waals surface area (Å²) in [7, 11) is -3.57. The number of non-ortho nitro benzene ring substituents is 2. The van der Waals surface area contributed by atoms with Gasteiger partial charge in [0.05, 0.1) is 34.4 Å². The van der Waals surface area contributed by atoms with Crippen molar-refractivity contribution in [3.63, 3.8) is 0 Å². The molecule has 1 N–H and O–H groups in total. The van der Waals surface area contributed by atoms with Crippen molar-refractivity contribution < 1.29 is 38.0 Å². The first-order chi connectivity index (χ1) is 19.5. The van der Waals surface area contributed by atoms with Gasteiger partial charge in [-0.15, -0.1) is 5.10 Å². The standard InChI is InChI=1S/C22H22N7O10PS/c1-4-38-21(30)18-20(41-27(25-18)15-10-12-17(13-11-15)29(34)35)26-40(36,37-3)19(22(31)39-5-2)24-23-14-6-8-16(9-7-14)28(32)33/h6-13,23H,4-5H2,1-3H3. The monoisotopic (exact) mass is 607 g/mol. The molecule has 1 heterocycles. The van der Waals surface area contributed by atoms with Crippen LogP contribution < -0.4 is 10.1 Å². The maximum Gasteiger partial charge on any atom is 0.373 e. The van der Waals surface area contributed by atoms with Gasteiger partial charge in [-0.3, -0.25) is 30.2 Å². The van der Waals surface area contributed by atoms with Gasteiger partial charge in [-0.1, -0.05) is 0 Å². The largest absolute Gasteiger partial charge is 0.461 e. The lowest BCUT2D eigenvalue weighted by molar-refractivity contribution is -0.385. The number of hydrogen-bond acceptors (Lipinski definition) is 14. The van der Waals surface area contributed by atoms with Crippen LogP contribution in [0.5, 0.6) is 0 Å². The number of nitro groups is 2. The van der Waals surface area contributed by atoms with Crippen LogP contribution in [-0.2, 0) is 23.4 Å². The Bertz CT molecular complexity index is 1600. The normalized spacial score (nSPS) is 13.2. The topological polar surface area (TPSA) is 220 Å². The summed E-state index contributed by atoms with van der Waals surface area (Å²) in [6, 6.07) is 10.2. The van der Waals surface area contributed by atoms with Crippen LogP contribution in [0, 0.1) is 20.2 Å². The van der Waals surface area contributed by atoms with E-state index in [9.17, 15) is 34.4 Å². The van der Waals surface area contributed by atoms with Gasteiger partial charge in [0.2, 0.25) is 5.69 Å². The molecule has 17 nitrogen and oxygen atoms in total. The van der Waals surface area contributed by atoms with Crippen LogP contribution in [0.3, 0.4) is 0 Å². The molecule has 2 aromatic carbocycles. The molecule has 216 valence electrons. The zero-order chi connectivity index (χ0) is 30.2. The van der Waals surface area contributed by atoms with Crippen LogP contribution in [0.4, 0.5) is 17.1 Å². The first-order valence-electron chi connectivity index (χ1n) is 11.5. The van der Waals surface area contributed by atoms with E-state index in [0.29, 0.717) is 17.2 Å². The SMILES string of the molecule is CCOC(=O)C(=NNc1ccc([N+](=O)[O-])cc1)P(=O)(N=c1sn(-c2ccc([N+](=O)[O-])cc2)nc1C(=O)OCC)OC. The Morgan fingerprint density at radius 1 is 1.00 bits per heavy atom. The highest BCUT2D eigenvalue weighted by Crippen LogP contribution is 2.49. The zero-order valence-corrected chi connectivity index (χ0v) is 23.4. The summed E-state index contributed by atoms with van der Waals surface area (Å²) < 4.78 is 34.0. The molecule has 19 heteroatoms. The number of benzene rings is 2. The van der Waals surface area contributed by atoms with E-state index in [0.717, 1.165) is 7.11 Å². The molecule has 0 aliphatic carbocycles. The second-order valence-electron chi connectivity index (χ2n) is 7.49. The van der Waals surface area contributed by atoms with E-state index >= 15 is 0 Å². The van der Waals surface area contributed by atoms with E-state index in [1.165, 1.54) is 59.5 Å². The Balaban J connectivity index is 2.14. The molecule has 1 unspecified atom stereocenters. The Hall–Kier alpha value is -4.80. The number of carbonyl (C=O) groups is 2. The van der Waals surface area contributed by atoms with E-state index in [4.69, 9.17) is 14.0 Å². The van der Waals surface area contributed by atoms with Crippen LogP contribution in [0.15, 0.2) is 58.4 Å². The average Bonchev–Trinajstić information content (AvgIpc) is 3.37. The number of ether oxygens (including phenoxy) is 2. The molecule has 1 aromatic heterocycles. The van der Waals surface area contributed by atoms with Crippen molar-refractivity contribution in [1.82, 2.24) is 9.17 Å². The van der Waals surface area contributed by atoms with E-state index in [2.05, 4.69) is 20.4 Å². The minimum atomic E-state index is -4.58. The number of aromatic nitrogens is 2. The average molecular weight is 607 g/mol. The maximum absolute atomic E-state index is 13.9. The second kappa shape index (κ2) is 13.5. The number of anilines is 1. The summed E-state index contributed by atoms with van der Waals surface area (Å²) in [6.07, 6.45) is 0. The number of esters is 2. The molecule has 0 amide bonds. The number of nitrogens with zero attached hydrogens (tertiary/aromatic N) is 6. The van der Waals surface area contributed by atoms with Crippen LogP contribution in [0.2, 0.25) is 0 Å². The third-order valence-electron chi connectivity index (χ3n) is 4.88. The van der Waals surface area contributed by atoms with Crippen molar-refractivity contribution >= 4 is 53.5 Å². The third kappa shape index (κ3) is 7.44. The van der Waals surface area contributed by atoms with Gasteiger partial charge in [0.25, 0.3) is 16.8 Å². The van der Waals surface area contributed by atoms with Crippen molar-refractivity contribution in [3.05, 3.63) is 79.1 Å². The van der Waals surface area contributed by atoms with Crippen molar-refractivity contribution in [2.75, 3.05) is 25.7 Å². The predicted octanol–water partition coefficient (Wildman–Crippen LogP) is 3.66. The number of hydrogen-bond donors (Lipinski definition) is 1. The van der Waals surface area contributed by atoms with Crippen molar-refractivity contribution in [1.29, 1.82) is 0 Å². The maximum atomic E-state index is 13.9. The fourth-order valence-electron chi connectivity index (χ4n) is 2.97. The lowest BCUT2D eigenvalue weighted by atomic mass is 10.3. The minimum absolute atomic E-state index is 0.0238. The molecule has 0 spiro atoms. The number of rotatable bonds is 12. The Labute approximate surface area is 235 Å². The third-order valence-corrected chi connectivity index (χ3v) is 7.72. The molecule has 0 radical (unpaired) electrons. The summed E-state index contributed by atoms with van der Waals surface area (Å²) in [6.45, 7) is 2.92. The molecular weight excluding hydrogens is 585 g/mol. The molecule has 0 fully saturated rings. The van der Waals surface area contributed by atoms with Crippen LogP contribution in [-0.4, -0.2) is 56.7 Å². The van der Waals surface area contributed by atoms with E-state index in [-0.39, 0.29) is 40.6 Å². The summed E-state index contributed by atoms with van der Waals surface area (Å²) in [5.74, 6) is -2.08. The van der Waals surface area contributed by atoms with Crippen LogP contribution in [0.25, 0.3) is 5.69 Å². The Morgan fingerprint density at radius 2 is 1.56 bits per heavy atom. The molecular formula is C22H22N7O10PS. The fourth-order valence-corrected chi connectivity index (χ4v) is 5.32. The number of nitrogens with one attached hydrogen (secondary N) is 1. The Morgan fingerprint density at radius 3 is 2.07 bits per heavy atom. The highest BCUT2D eigenvalue weighted by Gasteiger charge is 2.37. The molecule has 0 saturated heterocycles. The first kappa shape index (κ1) is 30.7. The van der Waals surface area contributed by atoms with Crippen LogP contribution >= 0.6 is 19.1 Å². The predicted molar refractivity (Wildman–Crippen MR) is 145 cm³/mol. The summed E-state index contributed by atoms with van der Waals surface area (Å²) in [4.78, 5) is 46.1. The summed E-state index contributed by atoms with van der Waals surface area (Å²) >= 11 is 0.709. The highest BCUT2D eigenvalue weighted by molar-refractivity contribution is 7.78. The minimum Gasteiger partial charge on any atom is -0.461 e. The van der Waals surface area contributed by atoms with Crippen molar-refractivity contribution in [2.45, 2.75) is 13.8 Å². The van der Waals surface area contributed by atoms with Gasteiger partial charge in [-0.25, -0.2) is 9.59 Å². The quantitative estimate of drug-likeness (QED) is 0.102. The second-order valence-corrected chi connectivity index (χ2v) is 10.4. The van der Waals surface area contributed by atoms with Gasteiger partial charge in [0, 0.05) is 31.4 Å².